The second-order valence-electron chi connectivity index (χ2n) is 4.33. The molecular weight excluding hydrogens is 194 g/mol. The van der Waals surface area contributed by atoms with Crippen molar-refractivity contribution in [2.75, 3.05) is 0 Å². The van der Waals surface area contributed by atoms with Crippen LogP contribution in [0.1, 0.15) is 36.8 Å². The van der Waals surface area contributed by atoms with Crippen LogP contribution in [0.2, 0.25) is 5.02 Å². The molecule has 1 nitrogen and oxygen atoms in total. The van der Waals surface area contributed by atoms with E-state index in [4.69, 9.17) is 17.3 Å². The maximum atomic E-state index is 6.34. The van der Waals surface area contributed by atoms with Crippen molar-refractivity contribution in [1.29, 1.82) is 0 Å². The predicted molar refractivity (Wildman–Crippen MR) is 60.5 cm³/mol. The minimum atomic E-state index is -0.114. The Morgan fingerprint density at radius 2 is 1.93 bits per heavy atom. The molecule has 14 heavy (non-hydrogen) atoms. The van der Waals surface area contributed by atoms with Crippen molar-refractivity contribution in [3.8, 4) is 0 Å². The van der Waals surface area contributed by atoms with Gasteiger partial charge in [0.15, 0.2) is 0 Å². The molecule has 0 atom stereocenters. The number of aryl methyl sites for hydroxylation is 1. The molecule has 76 valence electrons. The second-order valence-corrected chi connectivity index (χ2v) is 4.73. The molecule has 2 N–H and O–H groups in total. The van der Waals surface area contributed by atoms with Gasteiger partial charge in [0.25, 0.3) is 0 Å². The second kappa shape index (κ2) is 3.56. The third kappa shape index (κ3) is 1.67. The average molecular weight is 210 g/mol. The Kier molecular flexibility index (Phi) is 2.54. The number of hydrogen-bond acceptors (Lipinski definition) is 1. The van der Waals surface area contributed by atoms with Gasteiger partial charge >= 0.3 is 0 Å². The van der Waals surface area contributed by atoms with Gasteiger partial charge in [-0.1, -0.05) is 36.6 Å². The van der Waals surface area contributed by atoms with Gasteiger partial charge < -0.3 is 5.73 Å². The van der Waals surface area contributed by atoms with Crippen molar-refractivity contribution >= 4 is 11.6 Å². The van der Waals surface area contributed by atoms with Gasteiger partial charge in [-0.3, -0.25) is 0 Å². The molecule has 0 aliphatic heterocycles. The molecule has 1 aromatic rings. The molecule has 0 heterocycles. The van der Waals surface area contributed by atoms with Crippen molar-refractivity contribution in [2.24, 2.45) is 5.73 Å². The van der Waals surface area contributed by atoms with Gasteiger partial charge in [-0.15, -0.1) is 0 Å². The monoisotopic (exact) mass is 209 g/mol. The summed E-state index contributed by atoms with van der Waals surface area (Å²) in [7, 11) is 0. The van der Waals surface area contributed by atoms with Crippen molar-refractivity contribution in [3.05, 3.63) is 34.3 Å². The Morgan fingerprint density at radius 1 is 1.29 bits per heavy atom. The molecule has 1 saturated carbocycles. The van der Waals surface area contributed by atoms with E-state index >= 15 is 0 Å². The zero-order valence-electron chi connectivity index (χ0n) is 8.52. The van der Waals surface area contributed by atoms with Crippen molar-refractivity contribution in [2.45, 2.75) is 38.1 Å². The molecule has 0 aromatic heterocycles. The fourth-order valence-electron chi connectivity index (χ4n) is 2.20. The third-order valence-corrected chi connectivity index (χ3v) is 3.65. The van der Waals surface area contributed by atoms with E-state index in [1.165, 1.54) is 18.4 Å². The van der Waals surface area contributed by atoms with E-state index in [-0.39, 0.29) is 5.54 Å². The molecule has 0 saturated heterocycles. The topological polar surface area (TPSA) is 26.0 Å². The highest BCUT2D eigenvalue weighted by Crippen LogP contribution is 2.37. The quantitative estimate of drug-likeness (QED) is 0.754. The first kappa shape index (κ1) is 10.0. The summed E-state index contributed by atoms with van der Waals surface area (Å²) in [5, 5.41) is 0.833. The van der Waals surface area contributed by atoms with Crippen LogP contribution in [0.5, 0.6) is 0 Å². The van der Waals surface area contributed by atoms with Crippen LogP contribution in [-0.2, 0) is 5.54 Å². The molecule has 0 unspecified atom stereocenters. The van der Waals surface area contributed by atoms with Crippen molar-refractivity contribution in [1.82, 2.24) is 0 Å². The normalized spacial score (nSPS) is 19.9. The van der Waals surface area contributed by atoms with Gasteiger partial charge in [0.2, 0.25) is 0 Å². The first-order valence-electron chi connectivity index (χ1n) is 5.17. The summed E-state index contributed by atoms with van der Waals surface area (Å²) in [5.74, 6) is 0. The molecule has 1 aliphatic rings. The molecule has 1 aromatic carbocycles. The largest absolute Gasteiger partial charge is 0.321 e. The fourth-order valence-corrected chi connectivity index (χ4v) is 2.38. The summed E-state index contributed by atoms with van der Waals surface area (Å²) in [4.78, 5) is 0. The van der Waals surface area contributed by atoms with Crippen molar-refractivity contribution in [3.63, 3.8) is 0 Å². The number of hydrogen-bond donors (Lipinski definition) is 1. The third-order valence-electron chi connectivity index (χ3n) is 3.24. The number of nitrogens with two attached hydrogens (primary N) is 1. The highest BCUT2D eigenvalue weighted by Gasteiger charge is 2.31. The van der Waals surface area contributed by atoms with Gasteiger partial charge in [-0.05, 0) is 37.0 Å². The summed E-state index contributed by atoms with van der Waals surface area (Å²) in [5.41, 5.74) is 8.55. The van der Waals surface area contributed by atoms with Crippen LogP contribution in [0.4, 0.5) is 0 Å². The van der Waals surface area contributed by atoms with E-state index in [1.54, 1.807) is 0 Å². The SMILES string of the molecule is Cc1ccc(C2(N)CCCC2)cc1Cl. The molecule has 0 radical (unpaired) electrons. The van der Waals surface area contributed by atoms with Gasteiger partial charge in [-0.2, -0.15) is 0 Å². The smallest absolute Gasteiger partial charge is 0.0438 e. The fraction of sp³-hybridized carbons (Fsp3) is 0.500. The zero-order valence-corrected chi connectivity index (χ0v) is 9.27. The van der Waals surface area contributed by atoms with E-state index < -0.39 is 0 Å². The Labute approximate surface area is 90.3 Å². The highest BCUT2D eigenvalue weighted by molar-refractivity contribution is 6.31. The van der Waals surface area contributed by atoms with Crippen LogP contribution in [-0.4, -0.2) is 0 Å². The minimum absolute atomic E-state index is 0.114. The van der Waals surface area contributed by atoms with Crippen LogP contribution in [0.3, 0.4) is 0 Å². The molecule has 1 fully saturated rings. The van der Waals surface area contributed by atoms with Gasteiger partial charge in [0.1, 0.15) is 0 Å². The highest BCUT2D eigenvalue weighted by atomic mass is 35.5. The Hall–Kier alpha value is -0.530. The Bertz CT molecular complexity index is 340. The maximum Gasteiger partial charge on any atom is 0.0438 e. The van der Waals surface area contributed by atoms with E-state index in [0.29, 0.717) is 0 Å². The van der Waals surface area contributed by atoms with Crippen LogP contribution >= 0.6 is 11.6 Å². The maximum absolute atomic E-state index is 6.34. The predicted octanol–water partition coefficient (Wildman–Crippen LogP) is 3.38. The van der Waals surface area contributed by atoms with E-state index in [2.05, 4.69) is 12.1 Å². The Balaban J connectivity index is 2.36. The number of halogens is 1. The first-order valence-corrected chi connectivity index (χ1v) is 5.55. The van der Waals surface area contributed by atoms with Gasteiger partial charge in [-0.25, -0.2) is 0 Å². The standard InChI is InChI=1S/C12H16ClN/c1-9-4-5-10(8-11(9)13)12(14)6-2-3-7-12/h4-5,8H,2-3,6-7,14H2,1H3. The molecule has 1 aliphatic carbocycles. The van der Waals surface area contributed by atoms with E-state index in [1.807, 2.05) is 13.0 Å². The zero-order chi connectivity index (χ0) is 10.2. The van der Waals surface area contributed by atoms with E-state index in [9.17, 15) is 0 Å². The summed E-state index contributed by atoms with van der Waals surface area (Å²) in [6.07, 6.45) is 4.66. The molecule has 0 amide bonds. The molecule has 0 spiro atoms. The summed E-state index contributed by atoms with van der Waals surface area (Å²) >= 11 is 6.10. The lowest BCUT2D eigenvalue weighted by Crippen LogP contribution is -2.32. The summed E-state index contributed by atoms with van der Waals surface area (Å²) in [6.45, 7) is 2.02. The summed E-state index contributed by atoms with van der Waals surface area (Å²) < 4.78 is 0. The van der Waals surface area contributed by atoms with Crippen LogP contribution in [0.25, 0.3) is 0 Å². The summed E-state index contributed by atoms with van der Waals surface area (Å²) in [6, 6.07) is 6.21. The number of rotatable bonds is 1. The minimum Gasteiger partial charge on any atom is -0.321 e. The van der Waals surface area contributed by atoms with Crippen LogP contribution < -0.4 is 5.73 Å². The molecule has 2 heteroatoms. The van der Waals surface area contributed by atoms with Gasteiger partial charge in [0.05, 0.1) is 0 Å². The van der Waals surface area contributed by atoms with E-state index in [0.717, 1.165) is 23.4 Å². The molecular formula is C12H16ClN. The molecule has 2 rings (SSSR count). The van der Waals surface area contributed by atoms with Gasteiger partial charge in [0, 0.05) is 10.6 Å². The van der Waals surface area contributed by atoms with Crippen LogP contribution in [0, 0.1) is 6.92 Å². The lowest BCUT2D eigenvalue weighted by Gasteiger charge is -2.24. The first-order chi connectivity index (χ1) is 6.62. The Morgan fingerprint density at radius 3 is 2.50 bits per heavy atom. The lowest BCUT2D eigenvalue weighted by atomic mass is 9.89. The molecule has 0 bridgehead atoms. The average Bonchev–Trinajstić information content (AvgIpc) is 2.58. The van der Waals surface area contributed by atoms with Crippen molar-refractivity contribution < 1.29 is 0 Å². The lowest BCUT2D eigenvalue weighted by molar-refractivity contribution is 0.461. The van der Waals surface area contributed by atoms with Crippen LogP contribution in [0.15, 0.2) is 18.2 Å². The number of benzene rings is 1.